The van der Waals surface area contributed by atoms with Gasteiger partial charge in [-0.1, -0.05) is 11.6 Å². The van der Waals surface area contributed by atoms with Crippen molar-refractivity contribution in [2.75, 3.05) is 5.32 Å². The molecular weight excluding hydrogens is 320 g/mol. The second-order valence-corrected chi connectivity index (χ2v) is 6.03. The van der Waals surface area contributed by atoms with Crippen molar-refractivity contribution in [1.29, 1.82) is 0 Å². The van der Waals surface area contributed by atoms with E-state index >= 15 is 0 Å². The first-order chi connectivity index (χ1) is 9.90. The summed E-state index contributed by atoms with van der Waals surface area (Å²) in [6, 6.07) is 3.27. The Kier molecular flexibility index (Phi) is 5.35. The summed E-state index contributed by atoms with van der Waals surface area (Å²) in [7, 11) is 0. The molecule has 0 heterocycles. The molecular formula is C14H16ClF2NO4. The van der Waals surface area contributed by atoms with Crippen LogP contribution in [-0.2, 0) is 15.5 Å². The van der Waals surface area contributed by atoms with Crippen LogP contribution >= 0.6 is 11.6 Å². The Morgan fingerprint density at radius 3 is 2.41 bits per heavy atom. The van der Waals surface area contributed by atoms with E-state index in [2.05, 4.69) is 5.32 Å². The minimum Gasteiger partial charge on any atom is -0.481 e. The molecule has 1 aromatic carbocycles. The van der Waals surface area contributed by atoms with Gasteiger partial charge in [0.15, 0.2) is 0 Å². The van der Waals surface area contributed by atoms with Crippen molar-refractivity contribution < 1.29 is 28.2 Å². The standard InChI is InChI=1S/C14H16ClF2NO4/c1-13(2,3)22-12(21)18-10-6-8(15)4-5-9(10)14(16,17)7-11(19)20/h4-6H,7H2,1-3H3,(H,18,21)(H,19,20). The van der Waals surface area contributed by atoms with Gasteiger partial charge in [-0.3, -0.25) is 10.1 Å². The third kappa shape index (κ3) is 5.48. The summed E-state index contributed by atoms with van der Waals surface area (Å²) in [6.07, 6.45) is -2.35. The number of rotatable bonds is 4. The first kappa shape index (κ1) is 18.2. The van der Waals surface area contributed by atoms with Gasteiger partial charge in [-0.05, 0) is 39.0 Å². The van der Waals surface area contributed by atoms with Gasteiger partial charge < -0.3 is 9.84 Å². The van der Waals surface area contributed by atoms with Gasteiger partial charge in [-0.15, -0.1) is 0 Å². The van der Waals surface area contributed by atoms with Gasteiger partial charge in [-0.2, -0.15) is 0 Å². The number of hydrogen-bond acceptors (Lipinski definition) is 3. The molecule has 2 N–H and O–H groups in total. The SMILES string of the molecule is CC(C)(C)OC(=O)Nc1cc(Cl)ccc1C(F)(F)CC(=O)O. The molecule has 0 radical (unpaired) electrons. The van der Waals surface area contributed by atoms with Crippen LogP contribution in [0.25, 0.3) is 0 Å². The number of nitrogens with one attached hydrogen (secondary N) is 1. The molecule has 0 atom stereocenters. The molecule has 0 aromatic heterocycles. The Hall–Kier alpha value is -1.89. The topological polar surface area (TPSA) is 75.6 Å². The molecule has 8 heteroatoms. The predicted molar refractivity (Wildman–Crippen MR) is 77.5 cm³/mol. The first-order valence-electron chi connectivity index (χ1n) is 6.30. The van der Waals surface area contributed by atoms with E-state index in [1.165, 1.54) is 6.07 Å². The van der Waals surface area contributed by atoms with Crippen LogP contribution in [0.1, 0.15) is 32.8 Å². The monoisotopic (exact) mass is 335 g/mol. The lowest BCUT2D eigenvalue weighted by molar-refractivity contribution is -0.145. The van der Waals surface area contributed by atoms with E-state index in [0.29, 0.717) is 0 Å². The van der Waals surface area contributed by atoms with Crippen LogP contribution < -0.4 is 5.32 Å². The number of carbonyl (C=O) groups excluding carboxylic acids is 1. The predicted octanol–water partition coefficient (Wildman–Crippen LogP) is 4.25. The molecule has 1 rings (SSSR count). The van der Waals surface area contributed by atoms with Gasteiger partial charge in [0.05, 0.1) is 5.69 Å². The van der Waals surface area contributed by atoms with E-state index in [1.807, 2.05) is 0 Å². The number of carboxylic acid groups (broad SMARTS) is 1. The van der Waals surface area contributed by atoms with Gasteiger partial charge in [0.25, 0.3) is 5.92 Å². The van der Waals surface area contributed by atoms with Crippen molar-refractivity contribution in [3.05, 3.63) is 28.8 Å². The Morgan fingerprint density at radius 1 is 1.32 bits per heavy atom. The van der Waals surface area contributed by atoms with E-state index in [-0.39, 0.29) is 10.7 Å². The number of benzene rings is 1. The maximum atomic E-state index is 14.0. The van der Waals surface area contributed by atoms with Crippen LogP contribution in [0.2, 0.25) is 5.02 Å². The number of carboxylic acids is 1. The molecule has 22 heavy (non-hydrogen) atoms. The number of ether oxygens (including phenoxy) is 1. The third-order valence-electron chi connectivity index (χ3n) is 2.38. The summed E-state index contributed by atoms with van der Waals surface area (Å²) in [4.78, 5) is 22.3. The quantitative estimate of drug-likeness (QED) is 0.862. The fourth-order valence-corrected chi connectivity index (χ4v) is 1.81. The third-order valence-corrected chi connectivity index (χ3v) is 2.62. The molecule has 0 aliphatic heterocycles. The zero-order valence-electron chi connectivity index (χ0n) is 12.2. The maximum absolute atomic E-state index is 14.0. The van der Waals surface area contributed by atoms with Gasteiger partial charge in [0, 0.05) is 10.6 Å². The normalized spacial score (nSPS) is 11.9. The van der Waals surface area contributed by atoms with E-state index in [4.69, 9.17) is 21.4 Å². The highest BCUT2D eigenvalue weighted by Crippen LogP contribution is 2.38. The summed E-state index contributed by atoms with van der Waals surface area (Å²) in [5.74, 6) is -5.33. The second-order valence-electron chi connectivity index (χ2n) is 5.59. The largest absolute Gasteiger partial charge is 0.481 e. The molecule has 0 saturated carbocycles. The number of carbonyl (C=O) groups is 2. The molecule has 5 nitrogen and oxygen atoms in total. The molecule has 1 amide bonds. The van der Waals surface area contributed by atoms with Crippen molar-refractivity contribution in [2.24, 2.45) is 0 Å². The molecule has 1 aromatic rings. The van der Waals surface area contributed by atoms with Crippen molar-refractivity contribution >= 4 is 29.4 Å². The van der Waals surface area contributed by atoms with Crippen LogP contribution in [0.4, 0.5) is 19.3 Å². The van der Waals surface area contributed by atoms with E-state index in [9.17, 15) is 18.4 Å². The van der Waals surface area contributed by atoms with E-state index < -0.39 is 35.6 Å². The lowest BCUT2D eigenvalue weighted by Gasteiger charge is -2.22. The van der Waals surface area contributed by atoms with E-state index in [0.717, 1.165) is 12.1 Å². The van der Waals surface area contributed by atoms with Crippen molar-refractivity contribution in [3.8, 4) is 0 Å². The Bertz CT molecular complexity index is 585. The smallest absolute Gasteiger partial charge is 0.412 e. The van der Waals surface area contributed by atoms with Crippen LogP contribution in [0.15, 0.2) is 18.2 Å². The van der Waals surface area contributed by atoms with Gasteiger partial charge in [-0.25, -0.2) is 13.6 Å². The number of hydrogen-bond donors (Lipinski definition) is 2. The van der Waals surface area contributed by atoms with Crippen LogP contribution in [0.5, 0.6) is 0 Å². The molecule has 0 fully saturated rings. The number of amides is 1. The molecule has 0 aliphatic carbocycles. The fourth-order valence-electron chi connectivity index (χ4n) is 1.64. The van der Waals surface area contributed by atoms with Gasteiger partial charge >= 0.3 is 12.1 Å². The highest BCUT2D eigenvalue weighted by Gasteiger charge is 2.37. The Balaban J connectivity index is 3.11. The van der Waals surface area contributed by atoms with E-state index in [1.54, 1.807) is 20.8 Å². The van der Waals surface area contributed by atoms with Crippen molar-refractivity contribution in [1.82, 2.24) is 0 Å². The molecule has 0 aliphatic rings. The lowest BCUT2D eigenvalue weighted by atomic mass is 10.0. The summed E-state index contributed by atoms with van der Waals surface area (Å²) in [5, 5.41) is 10.9. The highest BCUT2D eigenvalue weighted by atomic mass is 35.5. The van der Waals surface area contributed by atoms with Crippen LogP contribution in [0.3, 0.4) is 0 Å². The zero-order chi connectivity index (χ0) is 17.1. The minimum absolute atomic E-state index is 0.112. The van der Waals surface area contributed by atoms with Crippen LogP contribution in [0, 0.1) is 0 Å². The Morgan fingerprint density at radius 2 is 1.91 bits per heavy atom. The minimum atomic E-state index is -3.67. The molecule has 0 unspecified atom stereocenters. The summed E-state index contributed by atoms with van der Waals surface area (Å²) in [5.41, 5.74) is -1.76. The number of aliphatic carboxylic acids is 1. The number of alkyl halides is 2. The highest BCUT2D eigenvalue weighted by molar-refractivity contribution is 6.31. The van der Waals surface area contributed by atoms with Crippen LogP contribution in [-0.4, -0.2) is 22.8 Å². The number of halogens is 3. The summed E-state index contributed by atoms with van der Waals surface area (Å²) >= 11 is 5.74. The Labute approximate surface area is 131 Å². The fraction of sp³-hybridized carbons (Fsp3) is 0.429. The molecule has 0 saturated heterocycles. The molecule has 122 valence electrons. The lowest BCUT2D eigenvalue weighted by Crippen LogP contribution is -2.28. The summed E-state index contributed by atoms with van der Waals surface area (Å²) in [6.45, 7) is 4.85. The average molecular weight is 336 g/mol. The molecule has 0 bridgehead atoms. The molecule has 0 spiro atoms. The summed E-state index contributed by atoms with van der Waals surface area (Å²) < 4.78 is 32.9. The number of anilines is 1. The van der Waals surface area contributed by atoms with Crippen molar-refractivity contribution in [2.45, 2.75) is 38.7 Å². The maximum Gasteiger partial charge on any atom is 0.412 e. The first-order valence-corrected chi connectivity index (χ1v) is 6.68. The van der Waals surface area contributed by atoms with Gasteiger partial charge in [0.1, 0.15) is 12.0 Å². The second kappa shape index (κ2) is 6.48. The van der Waals surface area contributed by atoms with Crippen molar-refractivity contribution in [3.63, 3.8) is 0 Å². The average Bonchev–Trinajstić information content (AvgIpc) is 2.23. The van der Waals surface area contributed by atoms with Gasteiger partial charge in [0.2, 0.25) is 0 Å². The zero-order valence-corrected chi connectivity index (χ0v) is 13.0.